The van der Waals surface area contributed by atoms with Crippen molar-refractivity contribution in [3.8, 4) is 0 Å². The van der Waals surface area contributed by atoms with Gasteiger partial charge >= 0.3 is 0 Å². The van der Waals surface area contributed by atoms with Crippen LogP contribution in [-0.4, -0.2) is 29.9 Å². The summed E-state index contributed by atoms with van der Waals surface area (Å²) in [6.07, 6.45) is 1.94. The number of carbonyl (C=O) groups excluding carboxylic acids is 1. The molecule has 0 aliphatic rings. The Bertz CT molecular complexity index is 443. The van der Waals surface area contributed by atoms with Crippen LogP contribution in [0.5, 0.6) is 0 Å². The Morgan fingerprint density at radius 3 is 2.48 bits per heavy atom. The largest absolute Gasteiger partial charge is 0.352 e. The third-order valence-electron chi connectivity index (χ3n) is 4.03. The van der Waals surface area contributed by atoms with Crippen molar-refractivity contribution in [2.75, 3.05) is 7.05 Å². The van der Waals surface area contributed by atoms with Crippen LogP contribution in [0, 0.1) is 0 Å². The van der Waals surface area contributed by atoms with Gasteiger partial charge in [0.05, 0.1) is 6.04 Å². The minimum absolute atomic E-state index is 0.0983. The lowest BCUT2D eigenvalue weighted by Gasteiger charge is -2.26. The Morgan fingerprint density at radius 1 is 1.29 bits per heavy atom. The zero-order valence-corrected chi connectivity index (χ0v) is 13.7. The van der Waals surface area contributed by atoms with Crippen LogP contribution >= 0.6 is 0 Å². The van der Waals surface area contributed by atoms with Crippen LogP contribution in [0.15, 0.2) is 24.3 Å². The van der Waals surface area contributed by atoms with Crippen LogP contribution in [0.2, 0.25) is 0 Å². The van der Waals surface area contributed by atoms with Gasteiger partial charge in [-0.05, 0) is 37.9 Å². The van der Waals surface area contributed by atoms with E-state index in [1.165, 1.54) is 5.56 Å². The predicted octanol–water partition coefficient (Wildman–Crippen LogP) is 2.27. The first-order chi connectivity index (χ1) is 10.0. The maximum absolute atomic E-state index is 12.3. The van der Waals surface area contributed by atoms with E-state index in [2.05, 4.69) is 36.2 Å². The summed E-state index contributed by atoms with van der Waals surface area (Å²) >= 11 is 0. The van der Waals surface area contributed by atoms with E-state index >= 15 is 0 Å². The van der Waals surface area contributed by atoms with E-state index < -0.39 is 0 Å². The third kappa shape index (κ3) is 5.48. The first kappa shape index (κ1) is 17.7. The molecule has 21 heavy (non-hydrogen) atoms. The molecule has 1 rings (SSSR count). The van der Waals surface area contributed by atoms with Gasteiger partial charge in [0.1, 0.15) is 0 Å². The van der Waals surface area contributed by atoms with Gasteiger partial charge in [-0.15, -0.1) is 0 Å². The highest BCUT2D eigenvalue weighted by molar-refractivity contribution is 5.81. The van der Waals surface area contributed by atoms with E-state index in [9.17, 15) is 4.79 Å². The molecule has 118 valence electrons. The average Bonchev–Trinajstić information content (AvgIpc) is 2.51. The molecule has 3 N–H and O–H groups in total. The molecule has 0 aliphatic heterocycles. The molecule has 1 unspecified atom stereocenters. The highest BCUT2D eigenvalue weighted by atomic mass is 16.2. The van der Waals surface area contributed by atoms with Gasteiger partial charge in [0.15, 0.2) is 0 Å². The summed E-state index contributed by atoms with van der Waals surface area (Å²) in [5, 5.41) is 3.10. The number of carbonyl (C=O) groups is 1. The summed E-state index contributed by atoms with van der Waals surface area (Å²) in [7, 11) is 1.98. The number of hydrogen-bond donors (Lipinski definition) is 2. The smallest absolute Gasteiger partial charge is 0.237 e. The average molecular weight is 291 g/mol. The minimum Gasteiger partial charge on any atom is -0.352 e. The Hall–Kier alpha value is -1.39. The summed E-state index contributed by atoms with van der Waals surface area (Å²) in [4.78, 5) is 14.3. The van der Waals surface area contributed by atoms with E-state index in [1.807, 2.05) is 26.1 Å². The molecule has 0 radical (unpaired) electrons. The van der Waals surface area contributed by atoms with Crippen LogP contribution in [0.25, 0.3) is 0 Å². The minimum atomic E-state index is -0.146. The number of nitrogens with two attached hydrogens (primary N) is 1. The van der Waals surface area contributed by atoms with Gasteiger partial charge in [0.25, 0.3) is 0 Å². The zero-order valence-electron chi connectivity index (χ0n) is 13.7. The number of rotatable bonds is 8. The highest BCUT2D eigenvalue weighted by Crippen LogP contribution is 2.10. The Morgan fingerprint density at radius 2 is 1.90 bits per heavy atom. The number of nitrogens with zero attached hydrogens (tertiary/aromatic N) is 1. The van der Waals surface area contributed by atoms with Crippen molar-refractivity contribution >= 4 is 5.91 Å². The van der Waals surface area contributed by atoms with E-state index in [0.717, 1.165) is 24.9 Å². The van der Waals surface area contributed by atoms with Crippen molar-refractivity contribution in [3.05, 3.63) is 35.4 Å². The van der Waals surface area contributed by atoms with Gasteiger partial charge in [-0.25, -0.2) is 0 Å². The fraction of sp³-hybridized carbons (Fsp3) is 0.588. The number of hydrogen-bond acceptors (Lipinski definition) is 3. The van der Waals surface area contributed by atoms with Gasteiger partial charge in [-0.3, -0.25) is 9.69 Å². The van der Waals surface area contributed by atoms with Crippen LogP contribution < -0.4 is 11.1 Å². The second-order valence-electron chi connectivity index (χ2n) is 5.64. The standard InChI is InChI=1S/C17H29N3O/c1-5-16(6-2)19-17(21)13(3)20(4)12-15-9-7-8-14(10-15)11-18/h7-10,13,16H,5-6,11-12,18H2,1-4H3,(H,19,21). The van der Waals surface area contributed by atoms with Crippen molar-refractivity contribution in [1.29, 1.82) is 0 Å². The number of nitrogens with one attached hydrogen (secondary N) is 1. The van der Waals surface area contributed by atoms with E-state index in [0.29, 0.717) is 6.54 Å². The van der Waals surface area contributed by atoms with Crippen molar-refractivity contribution < 1.29 is 4.79 Å². The molecular weight excluding hydrogens is 262 g/mol. The van der Waals surface area contributed by atoms with E-state index in [1.54, 1.807) is 0 Å². The maximum atomic E-state index is 12.3. The van der Waals surface area contributed by atoms with E-state index in [4.69, 9.17) is 5.73 Å². The molecular formula is C17H29N3O. The molecule has 0 fully saturated rings. The zero-order chi connectivity index (χ0) is 15.8. The number of likely N-dealkylation sites (N-methyl/N-ethyl adjacent to an activating group) is 1. The van der Waals surface area contributed by atoms with Crippen molar-refractivity contribution in [1.82, 2.24) is 10.2 Å². The Kier molecular flexibility index (Phi) is 7.40. The van der Waals surface area contributed by atoms with Crippen LogP contribution in [-0.2, 0) is 17.9 Å². The molecule has 1 amide bonds. The normalized spacial score (nSPS) is 12.7. The van der Waals surface area contributed by atoms with Gasteiger partial charge in [-0.1, -0.05) is 38.1 Å². The van der Waals surface area contributed by atoms with Crippen LogP contribution in [0.4, 0.5) is 0 Å². The third-order valence-corrected chi connectivity index (χ3v) is 4.03. The number of benzene rings is 1. The predicted molar refractivity (Wildman–Crippen MR) is 87.8 cm³/mol. The number of amides is 1. The van der Waals surface area contributed by atoms with Crippen LogP contribution in [0.1, 0.15) is 44.7 Å². The first-order valence-electron chi connectivity index (χ1n) is 7.80. The van der Waals surface area contributed by atoms with Gasteiger partial charge in [0.2, 0.25) is 5.91 Å². The molecule has 0 saturated carbocycles. The molecule has 0 spiro atoms. The van der Waals surface area contributed by atoms with Crippen LogP contribution in [0.3, 0.4) is 0 Å². The molecule has 4 heteroatoms. The molecule has 1 atom stereocenters. The second kappa shape index (κ2) is 8.80. The maximum Gasteiger partial charge on any atom is 0.237 e. The Labute approximate surface area is 128 Å². The first-order valence-corrected chi connectivity index (χ1v) is 7.80. The fourth-order valence-corrected chi connectivity index (χ4v) is 2.29. The quantitative estimate of drug-likeness (QED) is 0.772. The molecule has 1 aromatic rings. The summed E-state index contributed by atoms with van der Waals surface area (Å²) in [5.74, 6) is 0.0983. The van der Waals surface area contributed by atoms with Crippen molar-refractivity contribution in [3.63, 3.8) is 0 Å². The highest BCUT2D eigenvalue weighted by Gasteiger charge is 2.20. The topological polar surface area (TPSA) is 58.4 Å². The lowest BCUT2D eigenvalue weighted by atomic mass is 10.1. The Balaban J connectivity index is 2.60. The summed E-state index contributed by atoms with van der Waals surface area (Å²) < 4.78 is 0. The molecule has 1 aromatic carbocycles. The van der Waals surface area contributed by atoms with Crippen molar-refractivity contribution in [2.45, 2.75) is 58.8 Å². The second-order valence-corrected chi connectivity index (χ2v) is 5.64. The lowest BCUT2D eigenvalue weighted by molar-refractivity contribution is -0.126. The molecule has 0 bridgehead atoms. The molecule has 0 heterocycles. The summed E-state index contributed by atoms with van der Waals surface area (Å²) in [6.45, 7) is 7.43. The van der Waals surface area contributed by atoms with Gasteiger partial charge in [-0.2, -0.15) is 0 Å². The molecule has 0 saturated heterocycles. The SMILES string of the molecule is CCC(CC)NC(=O)C(C)N(C)Cc1cccc(CN)c1. The lowest BCUT2D eigenvalue weighted by Crippen LogP contribution is -2.46. The summed E-state index contributed by atoms with van der Waals surface area (Å²) in [5.41, 5.74) is 7.97. The molecule has 0 aliphatic carbocycles. The van der Waals surface area contributed by atoms with Gasteiger partial charge < -0.3 is 11.1 Å². The molecule has 0 aromatic heterocycles. The summed E-state index contributed by atoms with van der Waals surface area (Å²) in [6, 6.07) is 8.33. The molecule has 4 nitrogen and oxygen atoms in total. The van der Waals surface area contributed by atoms with Crippen molar-refractivity contribution in [2.24, 2.45) is 5.73 Å². The van der Waals surface area contributed by atoms with E-state index in [-0.39, 0.29) is 18.0 Å². The monoisotopic (exact) mass is 291 g/mol. The fourth-order valence-electron chi connectivity index (χ4n) is 2.29. The van der Waals surface area contributed by atoms with Gasteiger partial charge in [0, 0.05) is 19.1 Å².